The molecule has 0 saturated carbocycles. The van der Waals surface area contributed by atoms with Crippen LogP contribution in [0.3, 0.4) is 0 Å². The third kappa shape index (κ3) is 3.28. The van der Waals surface area contributed by atoms with Gasteiger partial charge in [0.05, 0.1) is 6.04 Å². The SMILES string of the molecule is CCNC(c1cc(Br)c(C)s1)c1cc(C)ccc1C. The van der Waals surface area contributed by atoms with E-state index in [4.69, 9.17) is 0 Å². The molecular weight excluding hydrogens is 318 g/mol. The summed E-state index contributed by atoms with van der Waals surface area (Å²) in [6.07, 6.45) is 0. The molecule has 1 nitrogen and oxygen atoms in total. The number of nitrogens with one attached hydrogen (secondary N) is 1. The van der Waals surface area contributed by atoms with E-state index >= 15 is 0 Å². The standard InChI is InChI=1S/C16H20BrNS/c1-5-18-16(15-9-14(17)12(4)19-15)13-8-10(2)6-7-11(13)3/h6-9,16,18H,5H2,1-4H3. The summed E-state index contributed by atoms with van der Waals surface area (Å²) in [6, 6.07) is 9.22. The van der Waals surface area contributed by atoms with Crippen molar-refractivity contribution in [2.45, 2.75) is 33.7 Å². The monoisotopic (exact) mass is 337 g/mol. The highest BCUT2D eigenvalue weighted by Crippen LogP contribution is 2.35. The molecule has 3 heteroatoms. The van der Waals surface area contributed by atoms with Crippen molar-refractivity contribution in [1.29, 1.82) is 0 Å². The molecule has 0 amide bonds. The van der Waals surface area contributed by atoms with Gasteiger partial charge >= 0.3 is 0 Å². The maximum atomic E-state index is 3.62. The average Bonchev–Trinajstić information content (AvgIpc) is 2.70. The Bertz CT molecular complexity index is 555. The summed E-state index contributed by atoms with van der Waals surface area (Å²) in [5, 5.41) is 3.61. The first-order valence-corrected chi connectivity index (χ1v) is 8.20. The van der Waals surface area contributed by atoms with Gasteiger partial charge in [-0.2, -0.15) is 0 Å². The third-order valence-corrected chi connectivity index (χ3v) is 5.52. The second-order valence-corrected chi connectivity index (χ2v) is 7.05. The Hall–Kier alpha value is -0.640. The van der Waals surface area contributed by atoms with Crippen molar-refractivity contribution in [3.8, 4) is 0 Å². The van der Waals surface area contributed by atoms with Crippen LogP contribution in [-0.2, 0) is 0 Å². The number of rotatable bonds is 4. The van der Waals surface area contributed by atoms with Gasteiger partial charge in [0.2, 0.25) is 0 Å². The number of thiophene rings is 1. The number of benzene rings is 1. The summed E-state index contributed by atoms with van der Waals surface area (Å²) < 4.78 is 1.21. The van der Waals surface area contributed by atoms with E-state index in [0.717, 1.165) is 6.54 Å². The van der Waals surface area contributed by atoms with E-state index < -0.39 is 0 Å². The molecule has 0 spiro atoms. The van der Waals surface area contributed by atoms with Gasteiger partial charge in [-0.25, -0.2) is 0 Å². The van der Waals surface area contributed by atoms with Crippen LogP contribution in [-0.4, -0.2) is 6.54 Å². The van der Waals surface area contributed by atoms with Crippen molar-refractivity contribution in [3.63, 3.8) is 0 Å². The van der Waals surface area contributed by atoms with Crippen molar-refractivity contribution in [3.05, 3.63) is 55.2 Å². The highest BCUT2D eigenvalue weighted by atomic mass is 79.9. The fourth-order valence-electron chi connectivity index (χ4n) is 2.26. The van der Waals surface area contributed by atoms with Crippen LogP contribution in [0.1, 0.15) is 39.4 Å². The lowest BCUT2D eigenvalue weighted by Gasteiger charge is -2.19. The molecular formula is C16H20BrNS. The molecule has 1 aromatic heterocycles. The molecule has 0 bridgehead atoms. The van der Waals surface area contributed by atoms with E-state index in [1.165, 1.54) is 30.9 Å². The molecule has 0 aliphatic rings. The zero-order chi connectivity index (χ0) is 14.0. The van der Waals surface area contributed by atoms with Gasteiger partial charge in [-0.1, -0.05) is 30.7 Å². The molecule has 1 atom stereocenters. The number of hydrogen-bond acceptors (Lipinski definition) is 2. The fraction of sp³-hybridized carbons (Fsp3) is 0.375. The van der Waals surface area contributed by atoms with Gasteiger partial charge < -0.3 is 5.32 Å². The Labute approximate surface area is 128 Å². The van der Waals surface area contributed by atoms with Gasteiger partial charge in [0.15, 0.2) is 0 Å². The predicted octanol–water partition coefficient (Wildman–Crippen LogP) is 5.13. The summed E-state index contributed by atoms with van der Waals surface area (Å²) in [7, 11) is 0. The van der Waals surface area contributed by atoms with E-state index in [2.05, 4.69) is 73.2 Å². The van der Waals surface area contributed by atoms with Crippen LogP contribution in [0.5, 0.6) is 0 Å². The summed E-state index contributed by atoms with van der Waals surface area (Å²) in [5.74, 6) is 0. The molecule has 1 heterocycles. The minimum absolute atomic E-state index is 0.292. The average molecular weight is 338 g/mol. The van der Waals surface area contributed by atoms with Gasteiger partial charge in [0.25, 0.3) is 0 Å². The van der Waals surface area contributed by atoms with Crippen LogP contribution >= 0.6 is 27.3 Å². The van der Waals surface area contributed by atoms with Gasteiger partial charge in [0, 0.05) is 14.2 Å². The number of halogens is 1. The zero-order valence-corrected chi connectivity index (χ0v) is 14.3. The Morgan fingerprint density at radius 2 is 1.95 bits per heavy atom. The van der Waals surface area contributed by atoms with E-state index in [1.54, 1.807) is 0 Å². The largest absolute Gasteiger partial charge is 0.306 e. The van der Waals surface area contributed by atoms with Crippen LogP contribution in [0.25, 0.3) is 0 Å². The molecule has 1 N–H and O–H groups in total. The first-order valence-electron chi connectivity index (χ1n) is 6.59. The predicted molar refractivity (Wildman–Crippen MR) is 88.2 cm³/mol. The highest BCUT2D eigenvalue weighted by Gasteiger charge is 2.18. The van der Waals surface area contributed by atoms with Gasteiger partial charge in [-0.3, -0.25) is 0 Å². The zero-order valence-electron chi connectivity index (χ0n) is 11.9. The topological polar surface area (TPSA) is 12.0 Å². The molecule has 0 fully saturated rings. The third-order valence-electron chi connectivity index (χ3n) is 3.31. The summed E-state index contributed by atoms with van der Waals surface area (Å²) in [6.45, 7) is 9.63. The number of aryl methyl sites for hydroxylation is 3. The molecule has 2 rings (SSSR count). The lowest BCUT2D eigenvalue weighted by Crippen LogP contribution is -2.22. The Kier molecular flexibility index (Phi) is 4.82. The second-order valence-electron chi connectivity index (χ2n) is 4.90. The first-order chi connectivity index (χ1) is 9.02. The molecule has 1 aromatic carbocycles. The summed E-state index contributed by atoms with van der Waals surface area (Å²) in [5.41, 5.74) is 4.05. The maximum Gasteiger partial charge on any atom is 0.0674 e. The minimum Gasteiger partial charge on any atom is -0.306 e. The van der Waals surface area contributed by atoms with Crippen molar-refractivity contribution in [2.24, 2.45) is 0 Å². The maximum absolute atomic E-state index is 3.62. The molecule has 0 saturated heterocycles. The van der Waals surface area contributed by atoms with E-state index in [-0.39, 0.29) is 0 Å². The van der Waals surface area contributed by atoms with E-state index in [9.17, 15) is 0 Å². The first kappa shape index (κ1) is 14.8. The van der Waals surface area contributed by atoms with Crippen molar-refractivity contribution in [2.75, 3.05) is 6.54 Å². The number of hydrogen-bond donors (Lipinski definition) is 1. The Morgan fingerprint density at radius 3 is 2.53 bits per heavy atom. The van der Waals surface area contributed by atoms with Gasteiger partial charge in [-0.15, -0.1) is 11.3 Å². The van der Waals surface area contributed by atoms with E-state index in [0.29, 0.717) is 6.04 Å². The summed E-state index contributed by atoms with van der Waals surface area (Å²) in [4.78, 5) is 2.71. The lowest BCUT2D eigenvalue weighted by atomic mass is 9.98. The molecule has 19 heavy (non-hydrogen) atoms. The van der Waals surface area contributed by atoms with Crippen LogP contribution in [0, 0.1) is 20.8 Å². The lowest BCUT2D eigenvalue weighted by molar-refractivity contribution is 0.636. The fourth-order valence-corrected chi connectivity index (χ4v) is 3.92. The minimum atomic E-state index is 0.292. The molecule has 2 aromatic rings. The van der Waals surface area contributed by atoms with Gasteiger partial charge in [0.1, 0.15) is 0 Å². The normalized spacial score (nSPS) is 12.7. The molecule has 0 radical (unpaired) electrons. The van der Waals surface area contributed by atoms with Crippen LogP contribution in [0.15, 0.2) is 28.7 Å². The molecule has 0 aliphatic carbocycles. The van der Waals surface area contributed by atoms with Crippen LogP contribution in [0.4, 0.5) is 0 Å². The van der Waals surface area contributed by atoms with Crippen LogP contribution < -0.4 is 5.32 Å². The van der Waals surface area contributed by atoms with E-state index in [1.807, 2.05) is 11.3 Å². The van der Waals surface area contributed by atoms with Crippen molar-refractivity contribution >= 4 is 27.3 Å². The van der Waals surface area contributed by atoms with Crippen molar-refractivity contribution in [1.82, 2.24) is 5.32 Å². The molecule has 102 valence electrons. The van der Waals surface area contributed by atoms with Gasteiger partial charge in [-0.05, 0) is 60.4 Å². The molecule has 1 unspecified atom stereocenters. The molecule has 0 aliphatic heterocycles. The quantitative estimate of drug-likeness (QED) is 0.814. The van der Waals surface area contributed by atoms with Crippen LogP contribution in [0.2, 0.25) is 0 Å². The second kappa shape index (κ2) is 6.21. The summed E-state index contributed by atoms with van der Waals surface area (Å²) >= 11 is 5.49. The smallest absolute Gasteiger partial charge is 0.0674 e. The highest BCUT2D eigenvalue weighted by molar-refractivity contribution is 9.10. The Balaban J connectivity index is 2.47. The van der Waals surface area contributed by atoms with Crippen molar-refractivity contribution < 1.29 is 0 Å². The Morgan fingerprint density at radius 1 is 1.21 bits per heavy atom.